The van der Waals surface area contributed by atoms with E-state index in [1.807, 2.05) is 48.7 Å². The van der Waals surface area contributed by atoms with Crippen molar-refractivity contribution in [2.75, 3.05) is 25.0 Å². The second-order valence-corrected chi connectivity index (χ2v) is 6.73. The Balaban J connectivity index is 1.37. The van der Waals surface area contributed by atoms with Gasteiger partial charge in [-0.25, -0.2) is 15.0 Å². The molecule has 0 spiro atoms. The lowest BCUT2D eigenvalue weighted by Gasteiger charge is -2.17. The van der Waals surface area contributed by atoms with Crippen molar-refractivity contribution in [1.29, 1.82) is 0 Å². The standard InChI is InChI=1S/C20H23N5/c1-15-19(24-18-7-3-2-6-17(18)23-15)14-25-11-9-16(13-25)12-22-20-8-4-5-10-21-20/h2-8,10,16H,9,11-14H2,1H3,(H,21,22). The zero-order valence-corrected chi connectivity index (χ0v) is 14.5. The van der Waals surface area contributed by atoms with Crippen LogP contribution in [0, 0.1) is 12.8 Å². The predicted molar refractivity (Wildman–Crippen MR) is 100 cm³/mol. The van der Waals surface area contributed by atoms with Crippen LogP contribution < -0.4 is 5.32 Å². The molecule has 3 heterocycles. The number of hydrogen-bond donors (Lipinski definition) is 1. The minimum Gasteiger partial charge on any atom is -0.370 e. The second-order valence-electron chi connectivity index (χ2n) is 6.73. The molecule has 3 aromatic rings. The van der Waals surface area contributed by atoms with E-state index in [-0.39, 0.29) is 0 Å². The van der Waals surface area contributed by atoms with Gasteiger partial charge in [-0.1, -0.05) is 18.2 Å². The third kappa shape index (κ3) is 3.77. The molecular weight excluding hydrogens is 310 g/mol. The van der Waals surface area contributed by atoms with Crippen molar-refractivity contribution in [1.82, 2.24) is 19.9 Å². The number of aryl methyl sites for hydroxylation is 1. The number of hydrogen-bond acceptors (Lipinski definition) is 5. The molecule has 128 valence electrons. The average Bonchev–Trinajstić information content (AvgIpc) is 3.09. The van der Waals surface area contributed by atoms with Gasteiger partial charge in [-0.05, 0) is 50.1 Å². The third-order valence-electron chi connectivity index (χ3n) is 4.82. The van der Waals surface area contributed by atoms with Gasteiger partial charge in [0.05, 0.1) is 22.4 Å². The second kappa shape index (κ2) is 7.15. The molecular formula is C20H23N5. The minimum absolute atomic E-state index is 0.649. The SMILES string of the molecule is Cc1nc2ccccc2nc1CN1CCC(CNc2ccccn2)C1. The maximum Gasteiger partial charge on any atom is 0.125 e. The van der Waals surface area contributed by atoms with Gasteiger partial charge in [0.15, 0.2) is 0 Å². The number of anilines is 1. The molecule has 0 saturated carbocycles. The Morgan fingerprint density at radius 1 is 1.08 bits per heavy atom. The molecule has 4 rings (SSSR count). The van der Waals surface area contributed by atoms with Crippen molar-refractivity contribution < 1.29 is 0 Å². The Morgan fingerprint density at radius 2 is 1.88 bits per heavy atom. The maximum atomic E-state index is 4.83. The molecule has 25 heavy (non-hydrogen) atoms. The summed E-state index contributed by atoms with van der Waals surface area (Å²) in [7, 11) is 0. The van der Waals surface area contributed by atoms with Gasteiger partial charge < -0.3 is 5.32 Å². The summed E-state index contributed by atoms with van der Waals surface area (Å²) < 4.78 is 0. The number of nitrogens with zero attached hydrogens (tertiary/aromatic N) is 4. The fourth-order valence-electron chi connectivity index (χ4n) is 3.43. The number of benzene rings is 1. The fraction of sp³-hybridized carbons (Fsp3) is 0.350. The summed E-state index contributed by atoms with van der Waals surface area (Å²) in [6.45, 7) is 6.11. The third-order valence-corrected chi connectivity index (χ3v) is 4.82. The lowest BCUT2D eigenvalue weighted by molar-refractivity contribution is 0.314. The van der Waals surface area contributed by atoms with Crippen LogP contribution in [0.15, 0.2) is 48.7 Å². The van der Waals surface area contributed by atoms with Crippen LogP contribution in [0.2, 0.25) is 0 Å². The van der Waals surface area contributed by atoms with Crippen LogP contribution in [-0.4, -0.2) is 39.5 Å². The quantitative estimate of drug-likeness (QED) is 0.777. The fourth-order valence-corrected chi connectivity index (χ4v) is 3.43. The summed E-state index contributed by atoms with van der Waals surface area (Å²) in [4.78, 5) is 16.3. The number of likely N-dealkylation sites (tertiary alicyclic amines) is 1. The Bertz CT molecular complexity index is 849. The Kier molecular flexibility index (Phi) is 4.57. The zero-order chi connectivity index (χ0) is 17.1. The molecule has 1 saturated heterocycles. The van der Waals surface area contributed by atoms with Crippen LogP contribution in [0.4, 0.5) is 5.82 Å². The molecule has 1 aliphatic rings. The van der Waals surface area contributed by atoms with Crippen molar-refractivity contribution >= 4 is 16.9 Å². The Morgan fingerprint density at radius 3 is 2.68 bits per heavy atom. The molecule has 0 radical (unpaired) electrons. The van der Waals surface area contributed by atoms with Crippen molar-refractivity contribution in [2.45, 2.75) is 19.9 Å². The molecule has 5 heteroatoms. The first kappa shape index (κ1) is 16.0. The van der Waals surface area contributed by atoms with E-state index < -0.39 is 0 Å². The smallest absolute Gasteiger partial charge is 0.125 e. The van der Waals surface area contributed by atoms with Gasteiger partial charge in [0.2, 0.25) is 0 Å². The van der Waals surface area contributed by atoms with Crippen LogP contribution in [0.25, 0.3) is 11.0 Å². The summed E-state index contributed by atoms with van der Waals surface area (Å²) in [5.74, 6) is 1.60. The van der Waals surface area contributed by atoms with Gasteiger partial charge >= 0.3 is 0 Å². The molecule has 1 N–H and O–H groups in total. The van der Waals surface area contributed by atoms with Crippen LogP contribution in [-0.2, 0) is 6.54 Å². The van der Waals surface area contributed by atoms with E-state index in [1.54, 1.807) is 0 Å². The van der Waals surface area contributed by atoms with Gasteiger partial charge in [0.1, 0.15) is 5.82 Å². The monoisotopic (exact) mass is 333 g/mol. The molecule has 0 aliphatic carbocycles. The lowest BCUT2D eigenvalue weighted by atomic mass is 10.1. The highest BCUT2D eigenvalue weighted by atomic mass is 15.2. The first-order chi connectivity index (χ1) is 12.3. The normalized spacial score (nSPS) is 17.9. The van der Waals surface area contributed by atoms with E-state index in [9.17, 15) is 0 Å². The van der Waals surface area contributed by atoms with Gasteiger partial charge in [0.25, 0.3) is 0 Å². The number of nitrogens with one attached hydrogen (secondary N) is 1. The van der Waals surface area contributed by atoms with Gasteiger partial charge in [-0.2, -0.15) is 0 Å². The van der Waals surface area contributed by atoms with Crippen LogP contribution >= 0.6 is 0 Å². The number of rotatable bonds is 5. The van der Waals surface area contributed by atoms with Gasteiger partial charge in [0, 0.05) is 25.8 Å². The molecule has 1 aromatic carbocycles. The van der Waals surface area contributed by atoms with E-state index in [0.29, 0.717) is 5.92 Å². The molecule has 1 atom stereocenters. The summed E-state index contributed by atoms with van der Waals surface area (Å²) in [5, 5.41) is 3.44. The Hall–Kier alpha value is -2.53. The summed E-state index contributed by atoms with van der Waals surface area (Å²) in [6.07, 6.45) is 3.03. The molecule has 1 unspecified atom stereocenters. The molecule has 1 aliphatic heterocycles. The number of pyridine rings is 1. The van der Waals surface area contributed by atoms with Crippen LogP contribution in [0.1, 0.15) is 17.8 Å². The number of fused-ring (bicyclic) bond motifs is 1. The summed E-state index contributed by atoms with van der Waals surface area (Å²) in [6, 6.07) is 14.1. The average molecular weight is 333 g/mol. The summed E-state index contributed by atoms with van der Waals surface area (Å²) in [5.41, 5.74) is 4.09. The molecule has 0 amide bonds. The van der Waals surface area contributed by atoms with Crippen molar-refractivity contribution in [3.8, 4) is 0 Å². The lowest BCUT2D eigenvalue weighted by Crippen LogP contribution is -2.24. The van der Waals surface area contributed by atoms with Crippen molar-refractivity contribution in [3.63, 3.8) is 0 Å². The molecule has 1 fully saturated rings. The largest absolute Gasteiger partial charge is 0.370 e. The van der Waals surface area contributed by atoms with Gasteiger partial charge in [-0.15, -0.1) is 0 Å². The Labute approximate surface area is 148 Å². The van der Waals surface area contributed by atoms with Crippen molar-refractivity contribution in [3.05, 3.63) is 60.0 Å². The highest BCUT2D eigenvalue weighted by Gasteiger charge is 2.23. The highest BCUT2D eigenvalue weighted by molar-refractivity contribution is 5.74. The first-order valence-corrected chi connectivity index (χ1v) is 8.87. The van der Waals surface area contributed by atoms with Gasteiger partial charge in [-0.3, -0.25) is 4.90 Å². The topological polar surface area (TPSA) is 53.9 Å². The van der Waals surface area contributed by atoms with E-state index in [2.05, 4.69) is 22.1 Å². The van der Waals surface area contributed by atoms with E-state index >= 15 is 0 Å². The maximum absolute atomic E-state index is 4.83. The predicted octanol–water partition coefficient (Wildman–Crippen LogP) is 3.27. The van der Waals surface area contributed by atoms with E-state index in [0.717, 1.165) is 54.4 Å². The number of para-hydroxylation sites is 2. The molecule has 0 bridgehead atoms. The van der Waals surface area contributed by atoms with E-state index in [4.69, 9.17) is 9.97 Å². The van der Waals surface area contributed by atoms with Crippen LogP contribution in [0.5, 0.6) is 0 Å². The summed E-state index contributed by atoms with van der Waals surface area (Å²) >= 11 is 0. The number of aromatic nitrogens is 3. The van der Waals surface area contributed by atoms with Crippen LogP contribution in [0.3, 0.4) is 0 Å². The highest BCUT2D eigenvalue weighted by Crippen LogP contribution is 2.20. The van der Waals surface area contributed by atoms with E-state index in [1.165, 1.54) is 6.42 Å². The molecule has 2 aromatic heterocycles. The minimum atomic E-state index is 0.649. The first-order valence-electron chi connectivity index (χ1n) is 8.87. The molecule has 5 nitrogen and oxygen atoms in total. The van der Waals surface area contributed by atoms with Crippen molar-refractivity contribution in [2.24, 2.45) is 5.92 Å². The zero-order valence-electron chi connectivity index (χ0n) is 14.5.